The summed E-state index contributed by atoms with van der Waals surface area (Å²) in [4.78, 5) is 0. The van der Waals surface area contributed by atoms with E-state index < -0.39 is 35.7 Å². The van der Waals surface area contributed by atoms with Crippen molar-refractivity contribution in [1.29, 1.82) is 0 Å². The number of aliphatic hydroxyl groups is 1. The summed E-state index contributed by atoms with van der Waals surface area (Å²) >= 11 is 0. The monoisotopic (exact) mass is 330 g/mol. The lowest BCUT2D eigenvalue weighted by Gasteiger charge is -2.32. The Morgan fingerprint density at radius 3 is 2.35 bits per heavy atom. The number of rotatable bonds is 4. The molecule has 3 saturated heterocycles. The summed E-state index contributed by atoms with van der Waals surface area (Å²) in [6, 6.07) is 0. The second kappa shape index (κ2) is 5.40. The van der Waals surface area contributed by atoms with Crippen molar-refractivity contribution in [2.24, 2.45) is 0 Å². The van der Waals surface area contributed by atoms with Gasteiger partial charge >= 0.3 is 0 Å². The molecule has 0 amide bonds. The predicted molar refractivity (Wildman–Crippen MR) is 79.3 cm³/mol. The van der Waals surface area contributed by atoms with Gasteiger partial charge in [0.2, 0.25) is 0 Å². The van der Waals surface area contributed by atoms with E-state index in [1.165, 1.54) is 0 Å². The highest BCUT2D eigenvalue weighted by Crippen LogP contribution is 2.48. The summed E-state index contributed by atoms with van der Waals surface area (Å²) < 4.78 is 34.6. The maximum absolute atomic E-state index is 11.0. The summed E-state index contributed by atoms with van der Waals surface area (Å²) in [7, 11) is 0. The summed E-state index contributed by atoms with van der Waals surface area (Å²) in [5.41, 5.74) is 0. The molecule has 5 atom stereocenters. The molecule has 23 heavy (non-hydrogen) atoms. The van der Waals surface area contributed by atoms with Gasteiger partial charge in [-0.1, -0.05) is 6.58 Å². The van der Waals surface area contributed by atoms with E-state index in [4.69, 9.17) is 28.4 Å². The van der Waals surface area contributed by atoms with Crippen molar-refractivity contribution in [3.63, 3.8) is 0 Å². The number of hydrogen-bond donors (Lipinski definition) is 1. The first-order valence-electron chi connectivity index (χ1n) is 7.98. The molecule has 7 heteroatoms. The van der Waals surface area contributed by atoms with Gasteiger partial charge in [-0.05, 0) is 34.6 Å². The van der Waals surface area contributed by atoms with Gasteiger partial charge < -0.3 is 33.5 Å². The van der Waals surface area contributed by atoms with Gasteiger partial charge in [0.15, 0.2) is 23.4 Å². The van der Waals surface area contributed by atoms with Crippen LogP contribution >= 0.6 is 0 Å². The Morgan fingerprint density at radius 2 is 1.78 bits per heavy atom. The fraction of sp³-hybridized carbons (Fsp3) is 0.875. The van der Waals surface area contributed by atoms with E-state index in [1.807, 2.05) is 20.8 Å². The zero-order valence-corrected chi connectivity index (χ0v) is 14.3. The molecule has 0 aromatic rings. The minimum Gasteiger partial charge on any atom is -0.493 e. The van der Waals surface area contributed by atoms with Crippen molar-refractivity contribution >= 4 is 0 Å². The molecule has 3 aliphatic rings. The van der Waals surface area contributed by atoms with Crippen molar-refractivity contribution in [1.82, 2.24) is 0 Å². The van der Waals surface area contributed by atoms with Crippen LogP contribution in [0.25, 0.3) is 0 Å². The summed E-state index contributed by atoms with van der Waals surface area (Å²) in [6.45, 7) is 13.6. The molecular weight excluding hydrogens is 304 g/mol. The summed E-state index contributed by atoms with van der Waals surface area (Å²) in [5.74, 6) is -3.21. The van der Waals surface area contributed by atoms with Gasteiger partial charge in [0.05, 0.1) is 13.2 Å². The Kier molecular flexibility index (Phi) is 4.03. The maximum atomic E-state index is 11.0. The van der Waals surface area contributed by atoms with Crippen molar-refractivity contribution in [3.05, 3.63) is 12.3 Å². The molecule has 3 aliphatic heterocycles. The van der Waals surface area contributed by atoms with Gasteiger partial charge in [0, 0.05) is 0 Å². The zero-order valence-electron chi connectivity index (χ0n) is 14.3. The Bertz CT molecular complexity index is 489. The van der Waals surface area contributed by atoms with E-state index >= 15 is 0 Å². The molecule has 132 valence electrons. The second-order valence-corrected chi connectivity index (χ2v) is 7.02. The summed E-state index contributed by atoms with van der Waals surface area (Å²) in [6.07, 6.45) is -2.17. The van der Waals surface area contributed by atoms with Crippen LogP contribution in [0.15, 0.2) is 12.3 Å². The molecule has 0 radical (unpaired) electrons. The number of fused-ring (bicyclic) bond motifs is 1. The van der Waals surface area contributed by atoms with Gasteiger partial charge in [0.25, 0.3) is 5.79 Å². The highest BCUT2D eigenvalue weighted by atomic mass is 16.8. The Balaban J connectivity index is 1.86. The van der Waals surface area contributed by atoms with Gasteiger partial charge in [-0.2, -0.15) is 0 Å². The van der Waals surface area contributed by atoms with Gasteiger partial charge in [0.1, 0.15) is 18.3 Å². The first-order valence-corrected chi connectivity index (χ1v) is 7.98. The summed E-state index contributed by atoms with van der Waals surface area (Å²) in [5, 5.41) is 11.0. The molecule has 0 saturated carbocycles. The lowest BCUT2D eigenvalue weighted by Crippen LogP contribution is -2.45. The molecule has 3 rings (SSSR count). The minimum absolute atomic E-state index is 0.108. The molecule has 0 aliphatic carbocycles. The van der Waals surface area contributed by atoms with Crippen molar-refractivity contribution in [3.8, 4) is 0 Å². The standard InChI is InChI=1S/C16H26O7/c1-7-18-9(2)16(17)13-12(21-15(5,6)23-13)11(22-16)10-8-19-14(3,4)20-10/h10-13,17H,2,7-8H2,1,3-6H3/t10-,11-,12+,13+,16?/m1/s1. The first-order chi connectivity index (χ1) is 10.6. The average molecular weight is 330 g/mol. The largest absolute Gasteiger partial charge is 0.493 e. The number of ether oxygens (including phenoxy) is 6. The molecular formula is C16H26O7. The minimum atomic E-state index is -1.78. The van der Waals surface area contributed by atoms with Crippen LogP contribution in [0.2, 0.25) is 0 Å². The molecule has 3 heterocycles. The van der Waals surface area contributed by atoms with Crippen LogP contribution in [-0.2, 0) is 28.4 Å². The lowest BCUT2D eigenvalue weighted by atomic mass is 10.0. The van der Waals surface area contributed by atoms with Crippen LogP contribution < -0.4 is 0 Å². The molecule has 3 fully saturated rings. The van der Waals surface area contributed by atoms with E-state index in [9.17, 15) is 5.11 Å². The normalized spacial score (nSPS) is 44.3. The molecule has 0 spiro atoms. The number of hydrogen-bond acceptors (Lipinski definition) is 7. The van der Waals surface area contributed by atoms with Gasteiger partial charge in [-0.15, -0.1) is 0 Å². The highest BCUT2D eigenvalue weighted by Gasteiger charge is 2.66. The van der Waals surface area contributed by atoms with Crippen LogP contribution in [0.1, 0.15) is 34.6 Å². The van der Waals surface area contributed by atoms with E-state index in [0.29, 0.717) is 13.2 Å². The van der Waals surface area contributed by atoms with E-state index in [1.54, 1.807) is 13.8 Å². The molecule has 0 bridgehead atoms. The van der Waals surface area contributed by atoms with E-state index in [0.717, 1.165) is 0 Å². The van der Waals surface area contributed by atoms with Crippen LogP contribution in [0, 0.1) is 0 Å². The third-order valence-electron chi connectivity index (χ3n) is 4.27. The molecule has 7 nitrogen and oxygen atoms in total. The van der Waals surface area contributed by atoms with Crippen molar-refractivity contribution < 1.29 is 33.5 Å². The Hall–Kier alpha value is -0.700. The maximum Gasteiger partial charge on any atom is 0.255 e. The second-order valence-electron chi connectivity index (χ2n) is 7.02. The fourth-order valence-corrected chi connectivity index (χ4v) is 3.34. The third kappa shape index (κ3) is 2.90. The smallest absolute Gasteiger partial charge is 0.255 e. The SMILES string of the molecule is C=C(OCC)C1(O)O[C@H]([C@H]2COC(C)(C)O2)[C@@H]2OC(C)(C)O[C@@H]21. The predicted octanol–water partition coefficient (Wildman–Crippen LogP) is 1.30. The van der Waals surface area contributed by atoms with Crippen LogP contribution in [-0.4, -0.2) is 60.1 Å². The van der Waals surface area contributed by atoms with Crippen molar-refractivity contribution in [2.75, 3.05) is 13.2 Å². The quantitative estimate of drug-likeness (QED) is 0.779. The first kappa shape index (κ1) is 17.1. The Labute approximate surface area is 136 Å². The fourth-order valence-electron chi connectivity index (χ4n) is 3.34. The van der Waals surface area contributed by atoms with E-state index in [2.05, 4.69) is 6.58 Å². The van der Waals surface area contributed by atoms with Crippen LogP contribution in [0.4, 0.5) is 0 Å². The average Bonchev–Trinajstić information content (AvgIpc) is 3.02. The van der Waals surface area contributed by atoms with E-state index in [-0.39, 0.29) is 11.9 Å². The van der Waals surface area contributed by atoms with Gasteiger partial charge in [-0.3, -0.25) is 0 Å². The molecule has 0 aromatic carbocycles. The van der Waals surface area contributed by atoms with Crippen LogP contribution in [0.5, 0.6) is 0 Å². The third-order valence-corrected chi connectivity index (χ3v) is 4.27. The van der Waals surface area contributed by atoms with Gasteiger partial charge in [-0.25, -0.2) is 0 Å². The molecule has 1 N–H and O–H groups in total. The topological polar surface area (TPSA) is 75.6 Å². The molecule has 0 aromatic heterocycles. The van der Waals surface area contributed by atoms with Crippen LogP contribution in [0.3, 0.4) is 0 Å². The zero-order chi connectivity index (χ0) is 17.0. The Morgan fingerprint density at radius 1 is 1.09 bits per heavy atom. The lowest BCUT2D eigenvalue weighted by molar-refractivity contribution is -0.280. The highest BCUT2D eigenvalue weighted by molar-refractivity contribution is 5.15. The molecule has 1 unspecified atom stereocenters. The van der Waals surface area contributed by atoms with Crippen molar-refractivity contribution in [2.45, 2.75) is 76.4 Å².